The highest BCUT2D eigenvalue weighted by Crippen LogP contribution is 2.34. The van der Waals surface area contributed by atoms with Gasteiger partial charge in [-0.05, 0) is 24.3 Å². The van der Waals surface area contributed by atoms with Crippen LogP contribution in [-0.4, -0.2) is 51.9 Å². The average Bonchev–Trinajstić information content (AvgIpc) is 2.65. The van der Waals surface area contributed by atoms with Gasteiger partial charge in [0.05, 0.1) is 16.9 Å². The lowest BCUT2D eigenvalue weighted by atomic mass is 10.3. The van der Waals surface area contributed by atoms with E-state index < -0.39 is 54.0 Å². The molecule has 0 fully saturated rings. The summed E-state index contributed by atoms with van der Waals surface area (Å²) in [6.07, 6.45) is -4.97. The molecule has 0 atom stereocenters. The lowest BCUT2D eigenvalue weighted by molar-refractivity contribution is -0.385. The van der Waals surface area contributed by atoms with Crippen molar-refractivity contribution in [1.29, 1.82) is 0 Å². The van der Waals surface area contributed by atoms with Crippen LogP contribution in [0.3, 0.4) is 0 Å². The second kappa shape index (κ2) is 8.14. The van der Waals surface area contributed by atoms with Gasteiger partial charge in [-0.2, -0.15) is 0 Å². The maximum absolute atomic E-state index is 13.0. The Kier molecular flexibility index (Phi) is 6.20. The molecule has 0 spiro atoms. The summed E-state index contributed by atoms with van der Waals surface area (Å²) >= 11 is 0. The van der Waals surface area contributed by atoms with E-state index in [1.165, 1.54) is 19.0 Å². The number of nitrogens with zero attached hydrogens (tertiary/aromatic N) is 3. The van der Waals surface area contributed by atoms with Crippen LogP contribution in [0.5, 0.6) is 5.75 Å². The molecule has 0 N–H and O–H groups in total. The molecule has 0 unspecified atom stereocenters. The number of alkyl halides is 3. The van der Waals surface area contributed by atoms with Crippen molar-refractivity contribution < 1.29 is 40.8 Å². The molecular formula is C16H14F3N3O7S. The van der Waals surface area contributed by atoms with E-state index >= 15 is 0 Å². The summed E-state index contributed by atoms with van der Waals surface area (Å²) in [6.45, 7) is 0. The Morgan fingerprint density at radius 3 is 2.20 bits per heavy atom. The number of pyridine rings is 1. The van der Waals surface area contributed by atoms with E-state index in [4.69, 9.17) is 0 Å². The Balaban J connectivity index is 2.67. The zero-order valence-corrected chi connectivity index (χ0v) is 16.4. The van der Waals surface area contributed by atoms with Crippen LogP contribution >= 0.6 is 0 Å². The molecule has 0 radical (unpaired) electrons. The van der Waals surface area contributed by atoms with Crippen molar-refractivity contribution in [2.24, 2.45) is 0 Å². The number of sulfone groups is 1. The van der Waals surface area contributed by atoms with Gasteiger partial charge in [-0.15, -0.1) is 13.2 Å². The van der Waals surface area contributed by atoms with Crippen molar-refractivity contribution in [3.63, 3.8) is 0 Å². The SMILES string of the molecule is COC(=O)c1nc(N(C)C)c(S(=O)(=O)c2ccc(OC(F)(F)F)cc2)cc1[N+](=O)[O-]. The van der Waals surface area contributed by atoms with Crippen molar-refractivity contribution in [2.45, 2.75) is 16.2 Å². The zero-order chi connectivity index (χ0) is 22.9. The lowest BCUT2D eigenvalue weighted by Crippen LogP contribution is -2.20. The van der Waals surface area contributed by atoms with E-state index in [0.717, 1.165) is 31.4 Å². The minimum Gasteiger partial charge on any atom is -0.464 e. The third-order valence-corrected chi connectivity index (χ3v) is 5.38. The summed E-state index contributed by atoms with van der Waals surface area (Å²) in [4.78, 5) is 26.1. The Morgan fingerprint density at radius 1 is 1.20 bits per heavy atom. The monoisotopic (exact) mass is 449 g/mol. The normalized spacial score (nSPS) is 11.7. The maximum atomic E-state index is 13.0. The average molecular weight is 449 g/mol. The number of carbonyl (C=O) groups excluding carboxylic acids is 1. The first-order valence-corrected chi connectivity index (χ1v) is 9.32. The first-order valence-electron chi connectivity index (χ1n) is 7.84. The van der Waals surface area contributed by atoms with Crippen LogP contribution in [0.25, 0.3) is 0 Å². The number of rotatable bonds is 6. The molecule has 0 amide bonds. The number of ether oxygens (including phenoxy) is 2. The molecule has 0 saturated heterocycles. The fourth-order valence-electron chi connectivity index (χ4n) is 2.33. The lowest BCUT2D eigenvalue weighted by Gasteiger charge is -2.17. The first-order chi connectivity index (χ1) is 13.8. The van der Waals surface area contributed by atoms with Crippen molar-refractivity contribution in [2.75, 3.05) is 26.1 Å². The molecule has 2 rings (SSSR count). The van der Waals surface area contributed by atoms with E-state index in [0.29, 0.717) is 6.07 Å². The number of methoxy groups -OCH3 is 1. The molecule has 0 aliphatic rings. The number of esters is 1. The van der Waals surface area contributed by atoms with Gasteiger partial charge < -0.3 is 14.4 Å². The van der Waals surface area contributed by atoms with Crippen molar-refractivity contribution in [3.8, 4) is 5.75 Å². The Hall–Kier alpha value is -3.42. The standard InChI is InChI=1S/C16H14F3N3O7S/c1-21(2)14-12(8-11(22(24)25)13(20-14)15(23)28-3)30(26,27)10-6-4-9(5-7-10)29-16(17,18)19/h4-8H,1-3H3. The molecule has 162 valence electrons. The summed E-state index contributed by atoms with van der Waals surface area (Å²) in [7, 11) is -0.740. The summed E-state index contributed by atoms with van der Waals surface area (Å²) in [5.74, 6) is -2.11. The fourth-order valence-corrected chi connectivity index (χ4v) is 3.81. The summed E-state index contributed by atoms with van der Waals surface area (Å²) < 4.78 is 71.0. The number of halogens is 3. The predicted octanol–water partition coefficient (Wildman–Crippen LogP) is 2.57. The van der Waals surface area contributed by atoms with Gasteiger partial charge in [-0.1, -0.05) is 0 Å². The fraction of sp³-hybridized carbons (Fsp3) is 0.250. The van der Waals surface area contributed by atoms with Crippen LogP contribution in [0.15, 0.2) is 40.1 Å². The van der Waals surface area contributed by atoms with Gasteiger partial charge in [0.25, 0.3) is 0 Å². The van der Waals surface area contributed by atoms with Gasteiger partial charge in [0.1, 0.15) is 16.5 Å². The van der Waals surface area contributed by atoms with Crippen molar-refractivity contribution in [3.05, 3.63) is 46.1 Å². The number of aromatic nitrogens is 1. The van der Waals surface area contributed by atoms with Gasteiger partial charge in [0.15, 0.2) is 0 Å². The molecule has 30 heavy (non-hydrogen) atoms. The highest BCUT2D eigenvalue weighted by atomic mass is 32.2. The molecule has 1 aromatic heterocycles. The van der Waals surface area contributed by atoms with Gasteiger partial charge >= 0.3 is 18.0 Å². The Labute approximate surface area is 167 Å². The Bertz CT molecular complexity index is 1080. The van der Waals surface area contributed by atoms with Crippen LogP contribution in [0.4, 0.5) is 24.7 Å². The zero-order valence-electron chi connectivity index (χ0n) is 15.6. The molecule has 0 aliphatic carbocycles. The highest BCUT2D eigenvalue weighted by Gasteiger charge is 2.33. The van der Waals surface area contributed by atoms with Crippen molar-refractivity contribution >= 4 is 27.3 Å². The molecule has 0 saturated carbocycles. The first kappa shape index (κ1) is 22.9. The van der Waals surface area contributed by atoms with Crippen LogP contribution < -0.4 is 9.64 Å². The molecule has 0 bridgehead atoms. The van der Waals surface area contributed by atoms with Crippen LogP contribution in [-0.2, 0) is 14.6 Å². The van der Waals surface area contributed by atoms with E-state index in [9.17, 15) is 36.5 Å². The number of hydrogen-bond acceptors (Lipinski definition) is 9. The highest BCUT2D eigenvalue weighted by molar-refractivity contribution is 7.91. The van der Waals surface area contributed by atoms with E-state index in [1.807, 2.05) is 0 Å². The second-order valence-corrected chi connectivity index (χ2v) is 7.76. The molecule has 1 heterocycles. The molecule has 1 aromatic carbocycles. The van der Waals surface area contributed by atoms with Crippen LogP contribution in [0.1, 0.15) is 10.5 Å². The molecule has 14 heteroatoms. The van der Waals surface area contributed by atoms with E-state index in [2.05, 4.69) is 14.5 Å². The number of benzene rings is 1. The van der Waals surface area contributed by atoms with Crippen LogP contribution in [0, 0.1) is 10.1 Å². The third-order valence-electron chi connectivity index (χ3n) is 3.60. The van der Waals surface area contributed by atoms with E-state index in [-0.39, 0.29) is 5.82 Å². The summed E-state index contributed by atoms with van der Waals surface area (Å²) in [5.41, 5.74) is -1.62. The van der Waals surface area contributed by atoms with Gasteiger partial charge in [-0.3, -0.25) is 10.1 Å². The predicted molar refractivity (Wildman–Crippen MR) is 95.1 cm³/mol. The third kappa shape index (κ3) is 4.76. The van der Waals surface area contributed by atoms with Gasteiger partial charge in [0, 0.05) is 20.2 Å². The van der Waals surface area contributed by atoms with Crippen LogP contribution in [0.2, 0.25) is 0 Å². The molecule has 10 nitrogen and oxygen atoms in total. The smallest absolute Gasteiger partial charge is 0.464 e. The van der Waals surface area contributed by atoms with E-state index in [1.54, 1.807) is 0 Å². The second-order valence-electron chi connectivity index (χ2n) is 5.84. The molecular weight excluding hydrogens is 435 g/mol. The van der Waals surface area contributed by atoms with Gasteiger partial charge in [0.2, 0.25) is 15.5 Å². The summed E-state index contributed by atoms with van der Waals surface area (Å²) in [6, 6.07) is 3.89. The number of anilines is 1. The minimum atomic E-state index is -4.97. The van der Waals surface area contributed by atoms with Gasteiger partial charge in [-0.25, -0.2) is 18.2 Å². The maximum Gasteiger partial charge on any atom is 0.573 e. The molecule has 2 aromatic rings. The number of hydrogen-bond donors (Lipinski definition) is 0. The molecule has 0 aliphatic heterocycles. The minimum absolute atomic E-state index is 0.309. The summed E-state index contributed by atoms with van der Waals surface area (Å²) in [5, 5.41) is 11.3. The topological polar surface area (TPSA) is 129 Å². The quantitative estimate of drug-likeness (QED) is 0.371. The number of nitro groups is 1. The van der Waals surface area contributed by atoms with Crippen molar-refractivity contribution in [1.82, 2.24) is 4.98 Å². The Morgan fingerprint density at radius 2 is 1.77 bits per heavy atom. The largest absolute Gasteiger partial charge is 0.573 e. The number of carbonyl (C=O) groups is 1.